The van der Waals surface area contributed by atoms with E-state index in [1.165, 1.54) is 4.88 Å². The van der Waals surface area contributed by atoms with Gasteiger partial charge in [-0.1, -0.05) is 109 Å². The normalized spacial score (nSPS) is 12.9. The van der Waals surface area contributed by atoms with Crippen molar-refractivity contribution in [3.8, 4) is 22.3 Å². The van der Waals surface area contributed by atoms with Crippen LogP contribution in [0.3, 0.4) is 0 Å². The van der Waals surface area contributed by atoms with Crippen molar-refractivity contribution in [3.05, 3.63) is 167 Å². The molecule has 1 aliphatic heterocycles. The number of nitrogens with one attached hydrogen (secondary N) is 2. The van der Waals surface area contributed by atoms with Crippen molar-refractivity contribution >= 4 is 46.7 Å². The topological polar surface area (TPSA) is 135 Å². The number of carbonyl (C=O) groups is 4. The molecule has 1 aromatic heterocycles. The number of likely N-dealkylation sites (N-methyl/N-ethyl adjacent to an activating group) is 1. The Balaban J connectivity index is 0.985. The molecule has 6 aromatic rings. The van der Waals surface area contributed by atoms with Gasteiger partial charge in [0.15, 0.2) is 0 Å². The van der Waals surface area contributed by atoms with E-state index < -0.39 is 18.3 Å². The minimum atomic E-state index is -1.36. The summed E-state index contributed by atoms with van der Waals surface area (Å²) in [5.74, 6) is -0.422. The Morgan fingerprint density at radius 1 is 0.710 bits per heavy atom. The molecule has 13 heteroatoms. The van der Waals surface area contributed by atoms with Crippen LogP contribution < -0.4 is 20.7 Å². The number of anilines is 2. The molecule has 2 heterocycles. The molecule has 3 N–H and O–H groups in total. The summed E-state index contributed by atoms with van der Waals surface area (Å²) in [4.78, 5) is 59.4. The molecule has 0 bridgehead atoms. The van der Waals surface area contributed by atoms with Gasteiger partial charge in [0.05, 0.1) is 11.4 Å². The minimum absolute atomic E-state index is 0.186. The zero-order chi connectivity index (χ0) is 43.3. The van der Waals surface area contributed by atoms with E-state index in [2.05, 4.69) is 21.6 Å². The summed E-state index contributed by atoms with van der Waals surface area (Å²) in [6.07, 6.45) is -1.61. The monoisotopic (exact) mass is 850 g/mol. The summed E-state index contributed by atoms with van der Waals surface area (Å²) in [6, 6.07) is 44.1. The Morgan fingerprint density at radius 2 is 1.31 bits per heavy atom. The minimum Gasteiger partial charge on any atom is -0.463 e. The number of thiophene rings is 1. The number of amides is 4. The Kier molecular flexibility index (Phi) is 14.8. The van der Waals surface area contributed by atoms with Gasteiger partial charge < -0.3 is 30.3 Å². The number of ether oxygens (including phenoxy) is 1. The summed E-state index contributed by atoms with van der Waals surface area (Å²) in [7, 11) is 1.74. The van der Waals surface area contributed by atoms with Crippen LogP contribution in [0.25, 0.3) is 22.3 Å². The van der Waals surface area contributed by atoms with Gasteiger partial charge in [-0.25, -0.2) is 9.59 Å². The van der Waals surface area contributed by atoms with E-state index in [0.717, 1.165) is 27.7 Å². The summed E-state index contributed by atoms with van der Waals surface area (Å²) >= 11 is 1.68. The van der Waals surface area contributed by atoms with Gasteiger partial charge in [-0.3, -0.25) is 9.59 Å². The lowest BCUT2D eigenvalue weighted by molar-refractivity contribution is 0.0503. The van der Waals surface area contributed by atoms with E-state index in [0.29, 0.717) is 85.7 Å². The first-order chi connectivity index (χ1) is 30.3. The fraction of sp³-hybridized carbons (Fsp3) is 0.224. The molecule has 0 atom stereocenters. The molecule has 0 radical (unpaired) electrons. The van der Waals surface area contributed by atoms with Gasteiger partial charge >= 0.3 is 12.2 Å². The summed E-state index contributed by atoms with van der Waals surface area (Å²) < 4.78 is 6.20. The summed E-state index contributed by atoms with van der Waals surface area (Å²) in [6.45, 7) is 4.10. The van der Waals surface area contributed by atoms with Crippen LogP contribution in [0.5, 0.6) is 0 Å². The highest BCUT2D eigenvalue weighted by Crippen LogP contribution is 2.38. The van der Waals surface area contributed by atoms with Crippen molar-refractivity contribution < 1.29 is 29.0 Å². The number of nitrogens with zero attached hydrogens (tertiary/aromatic N) is 4. The zero-order valence-corrected chi connectivity index (χ0v) is 35.4. The van der Waals surface area contributed by atoms with Crippen LogP contribution in [0.15, 0.2) is 151 Å². The first kappa shape index (κ1) is 43.3. The number of hydrogen-bond acceptors (Lipinski definition) is 8. The Morgan fingerprint density at radius 3 is 1.92 bits per heavy atom. The number of hydrazine groups is 1. The van der Waals surface area contributed by atoms with Gasteiger partial charge in [0.1, 0.15) is 6.10 Å². The fourth-order valence-electron chi connectivity index (χ4n) is 7.47. The highest BCUT2D eigenvalue weighted by atomic mass is 32.1. The second kappa shape index (κ2) is 21.1. The molecule has 5 aromatic carbocycles. The quantitative estimate of drug-likeness (QED) is 0.0690. The molecule has 1 aliphatic rings. The molecular weight excluding hydrogens is 801 g/mol. The highest BCUT2D eigenvalue weighted by Gasteiger charge is 2.36. The second-order valence-corrected chi connectivity index (χ2v) is 15.9. The highest BCUT2D eigenvalue weighted by molar-refractivity contribution is 7.09. The molecule has 1 fully saturated rings. The smallest absolute Gasteiger partial charge is 0.434 e. The number of rotatable bonds is 15. The van der Waals surface area contributed by atoms with Crippen molar-refractivity contribution in [1.29, 1.82) is 0 Å². The number of likely N-dealkylation sites (tertiary alicyclic amines) is 1. The van der Waals surface area contributed by atoms with Crippen molar-refractivity contribution in [2.24, 2.45) is 0 Å². The molecule has 62 heavy (non-hydrogen) atoms. The number of benzene rings is 5. The van der Waals surface area contributed by atoms with E-state index >= 15 is 0 Å². The number of carbonyl (C=O) groups excluding carboxylic acids is 3. The van der Waals surface area contributed by atoms with Crippen molar-refractivity contribution in [1.82, 2.24) is 20.4 Å². The fourth-order valence-corrected chi connectivity index (χ4v) is 8.14. The van der Waals surface area contributed by atoms with Crippen LogP contribution in [0.1, 0.15) is 38.4 Å². The predicted octanol–water partition coefficient (Wildman–Crippen LogP) is 8.88. The average Bonchev–Trinajstić information content (AvgIpc) is 3.84. The maximum Gasteiger partial charge on any atom is 0.434 e. The van der Waals surface area contributed by atoms with Crippen molar-refractivity contribution in [2.45, 2.75) is 25.5 Å². The van der Waals surface area contributed by atoms with Gasteiger partial charge in [0.25, 0.3) is 11.8 Å². The van der Waals surface area contributed by atoms with Gasteiger partial charge in [0, 0.05) is 80.0 Å². The number of carboxylic acid groups (broad SMARTS) is 1. The lowest BCUT2D eigenvalue weighted by Gasteiger charge is -2.37. The molecule has 0 spiro atoms. The third kappa shape index (κ3) is 10.9. The molecule has 4 amide bonds. The predicted molar refractivity (Wildman–Crippen MR) is 244 cm³/mol. The van der Waals surface area contributed by atoms with Crippen molar-refractivity contribution in [2.75, 3.05) is 56.3 Å². The maximum atomic E-state index is 14.6. The lowest BCUT2D eigenvalue weighted by atomic mass is 10.0. The second-order valence-electron chi connectivity index (χ2n) is 14.9. The average molecular weight is 851 g/mol. The number of hydrogen-bond donors (Lipinski definition) is 3. The lowest BCUT2D eigenvalue weighted by Crippen LogP contribution is -2.52. The molecule has 7 rings (SSSR count). The van der Waals surface area contributed by atoms with E-state index in [4.69, 9.17) is 4.74 Å². The van der Waals surface area contributed by atoms with Crippen LogP contribution in [-0.4, -0.2) is 91.3 Å². The summed E-state index contributed by atoms with van der Waals surface area (Å²) in [5, 5.41) is 21.3. The molecule has 318 valence electrons. The van der Waals surface area contributed by atoms with E-state index in [1.54, 1.807) is 71.8 Å². The van der Waals surface area contributed by atoms with E-state index in [1.807, 2.05) is 96.4 Å². The molecular formula is C49H50N6O6S. The van der Waals surface area contributed by atoms with Gasteiger partial charge in [-0.05, 0) is 65.7 Å². The van der Waals surface area contributed by atoms with Crippen LogP contribution >= 0.6 is 11.3 Å². The van der Waals surface area contributed by atoms with Crippen LogP contribution in [-0.2, 0) is 11.3 Å². The molecule has 12 nitrogen and oxygen atoms in total. The first-order valence-electron chi connectivity index (χ1n) is 20.7. The number of piperidine rings is 1. The van der Waals surface area contributed by atoms with E-state index in [9.17, 15) is 24.3 Å². The largest absolute Gasteiger partial charge is 0.463 e. The third-order valence-corrected chi connectivity index (χ3v) is 11.6. The Bertz CT molecular complexity index is 2420. The van der Waals surface area contributed by atoms with E-state index in [-0.39, 0.29) is 11.8 Å². The van der Waals surface area contributed by atoms with Crippen LogP contribution in [0, 0.1) is 0 Å². The Labute approximate surface area is 365 Å². The molecule has 0 saturated carbocycles. The Hall–Kier alpha value is -6.80. The maximum absolute atomic E-state index is 14.6. The van der Waals surface area contributed by atoms with Crippen LogP contribution in [0.4, 0.5) is 21.0 Å². The molecule has 0 unspecified atom stereocenters. The van der Waals surface area contributed by atoms with Gasteiger partial charge in [-0.15, -0.1) is 11.3 Å². The molecule has 0 aliphatic carbocycles. The SMILES string of the molecule is CN(CCN1CCC(OC(=O)N(c2ccccc2-c2ccccc2)N(C(=O)O)c2ccccc2-c2ccccc2)CC1)C(=O)c1cccc(C(=O)NCCNCc2cccs2)c1. The van der Waals surface area contributed by atoms with Crippen LogP contribution in [0.2, 0.25) is 0 Å². The van der Waals surface area contributed by atoms with Crippen molar-refractivity contribution in [3.63, 3.8) is 0 Å². The molecule has 1 saturated heterocycles. The van der Waals surface area contributed by atoms with Gasteiger partial charge in [0.2, 0.25) is 0 Å². The summed E-state index contributed by atoms with van der Waals surface area (Å²) in [5.41, 5.74) is 4.39. The number of para-hydroxylation sites is 2. The first-order valence-corrected chi connectivity index (χ1v) is 21.6. The van der Waals surface area contributed by atoms with Gasteiger partial charge in [-0.2, -0.15) is 10.0 Å². The third-order valence-electron chi connectivity index (χ3n) is 10.7. The standard InChI is InChI=1S/C49H50N6O6S/c1-52(47(57)39-19-12-18-38(34-39)46(56)51-28-27-50-35-41-20-13-33-62-41)31-32-53-29-25-40(26-30-53)61-49(60)55(45-24-11-9-22-43(45)37-16-6-3-7-17-37)54(48(58)59)44-23-10-8-21-42(44)36-14-4-2-5-15-36/h2-24,33-34,40,50H,25-32,35H2,1H3,(H,51,56)(H,58,59). The zero-order valence-electron chi connectivity index (χ0n) is 34.6.